The zero-order valence-electron chi connectivity index (χ0n) is 15.2. The maximum absolute atomic E-state index is 13.5. The lowest BCUT2D eigenvalue weighted by Crippen LogP contribution is -2.10. The lowest BCUT2D eigenvalue weighted by molar-refractivity contribution is -0.141. The summed E-state index contributed by atoms with van der Waals surface area (Å²) >= 11 is 2.60. The Hall–Kier alpha value is -2.79. The first-order valence-corrected chi connectivity index (χ1v) is 10.7. The van der Waals surface area contributed by atoms with E-state index in [1.165, 1.54) is 6.20 Å². The number of pyridine rings is 1. The molecule has 0 saturated heterocycles. The van der Waals surface area contributed by atoms with Gasteiger partial charge >= 0.3 is 6.18 Å². The van der Waals surface area contributed by atoms with Crippen molar-refractivity contribution in [1.29, 1.82) is 0 Å². The predicted molar refractivity (Wildman–Crippen MR) is 106 cm³/mol. The van der Waals surface area contributed by atoms with Crippen LogP contribution in [0.3, 0.4) is 0 Å². The van der Waals surface area contributed by atoms with Gasteiger partial charge in [-0.1, -0.05) is 12.1 Å². The fourth-order valence-electron chi connectivity index (χ4n) is 2.91. The molecule has 1 fully saturated rings. The Morgan fingerprint density at radius 3 is 2.60 bits per heavy atom. The Morgan fingerprint density at radius 1 is 1.07 bits per heavy atom. The monoisotopic (exact) mass is 446 g/mol. The van der Waals surface area contributed by atoms with Crippen LogP contribution >= 0.6 is 23.1 Å². The molecule has 5 rings (SSSR count). The van der Waals surface area contributed by atoms with E-state index in [0.29, 0.717) is 5.16 Å². The molecule has 152 valence electrons. The van der Waals surface area contributed by atoms with Gasteiger partial charge in [0.2, 0.25) is 0 Å². The molecule has 4 aromatic rings. The summed E-state index contributed by atoms with van der Waals surface area (Å²) in [5.74, 6) is 0.647. The summed E-state index contributed by atoms with van der Waals surface area (Å²) in [5.41, 5.74) is -0.745. The molecule has 0 radical (unpaired) electrons. The maximum atomic E-state index is 13.5. The van der Waals surface area contributed by atoms with Crippen LogP contribution in [0.5, 0.6) is 0 Å². The van der Waals surface area contributed by atoms with E-state index >= 15 is 0 Å². The molecule has 1 saturated carbocycles. The van der Waals surface area contributed by atoms with Crippen LogP contribution in [0.1, 0.15) is 24.6 Å². The van der Waals surface area contributed by atoms with Crippen molar-refractivity contribution in [3.8, 4) is 22.2 Å². The Labute approximate surface area is 177 Å². The van der Waals surface area contributed by atoms with Gasteiger partial charge in [0.05, 0.1) is 4.88 Å². The second-order valence-corrected chi connectivity index (χ2v) is 8.55. The molecule has 0 aliphatic heterocycles. The molecule has 30 heavy (non-hydrogen) atoms. The van der Waals surface area contributed by atoms with Crippen molar-refractivity contribution in [1.82, 2.24) is 29.7 Å². The second-order valence-electron chi connectivity index (χ2n) is 6.61. The molecule has 1 aliphatic carbocycles. The third kappa shape index (κ3) is 3.82. The minimum Gasteiger partial charge on any atom is -0.298 e. The van der Waals surface area contributed by atoms with Crippen LogP contribution in [0.4, 0.5) is 13.2 Å². The molecule has 6 nitrogen and oxygen atoms in total. The largest absolute Gasteiger partial charge is 0.433 e. The van der Waals surface area contributed by atoms with Crippen molar-refractivity contribution in [2.75, 3.05) is 0 Å². The van der Waals surface area contributed by atoms with Gasteiger partial charge in [-0.3, -0.25) is 9.55 Å². The average molecular weight is 446 g/mol. The van der Waals surface area contributed by atoms with E-state index in [1.54, 1.807) is 29.5 Å². The highest BCUT2D eigenvalue weighted by Crippen LogP contribution is 2.43. The van der Waals surface area contributed by atoms with E-state index in [1.807, 2.05) is 22.1 Å². The standard InChI is InChI=1S/C19H13F3N6S2/c20-19(21,22)14-10-15(25-16(24-14)12-4-1-2-8-23-12)30-18-27-26-17(13-5-3-9-29-13)28(18)11-6-7-11/h1-5,8-11H,6-7H2. The molecule has 0 atom stereocenters. The van der Waals surface area contributed by atoms with Crippen molar-refractivity contribution >= 4 is 23.1 Å². The highest BCUT2D eigenvalue weighted by atomic mass is 32.2. The summed E-state index contributed by atoms with van der Waals surface area (Å²) in [7, 11) is 0. The fraction of sp³-hybridized carbons (Fsp3) is 0.211. The first-order valence-electron chi connectivity index (χ1n) is 9.03. The van der Waals surface area contributed by atoms with Crippen LogP contribution in [0, 0.1) is 0 Å². The summed E-state index contributed by atoms with van der Waals surface area (Å²) in [5, 5.41) is 11.1. The predicted octanol–water partition coefficient (Wildman–Crippen LogP) is 5.36. The SMILES string of the molecule is FC(F)(F)c1cc(Sc2nnc(-c3cccs3)n2C2CC2)nc(-c2ccccn2)n1. The molecule has 4 heterocycles. The first kappa shape index (κ1) is 19.2. The zero-order valence-corrected chi connectivity index (χ0v) is 16.9. The van der Waals surface area contributed by atoms with Crippen LogP contribution in [0.15, 0.2) is 58.2 Å². The van der Waals surface area contributed by atoms with Crippen LogP contribution in [0.25, 0.3) is 22.2 Å². The number of halogens is 3. The Kier molecular flexibility index (Phi) is 4.78. The molecule has 0 aromatic carbocycles. The van der Waals surface area contributed by atoms with Crippen LogP contribution in [-0.2, 0) is 6.18 Å². The maximum Gasteiger partial charge on any atom is 0.433 e. The number of hydrogen-bond donors (Lipinski definition) is 0. The minimum atomic E-state index is -4.60. The van der Waals surface area contributed by atoms with Crippen LogP contribution < -0.4 is 0 Å². The average Bonchev–Trinajstić information content (AvgIpc) is 3.25. The molecular weight excluding hydrogens is 433 g/mol. The molecule has 0 unspecified atom stereocenters. The third-order valence-corrected chi connectivity index (χ3v) is 6.15. The fourth-order valence-corrected chi connectivity index (χ4v) is 4.52. The van der Waals surface area contributed by atoms with Gasteiger partial charge < -0.3 is 0 Å². The molecular formula is C19H13F3N6S2. The zero-order chi connectivity index (χ0) is 20.7. The summed E-state index contributed by atoms with van der Waals surface area (Å²) in [6.45, 7) is 0. The Morgan fingerprint density at radius 2 is 1.93 bits per heavy atom. The van der Waals surface area contributed by atoms with E-state index in [2.05, 4.69) is 25.1 Å². The molecule has 0 N–H and O–H groups in total. The van der Waals surface area contributed by atoms with Crippen LogP contribution in [-0.4, -0.2) is 29.7 Å². The van der Waals surface area contributed by atoms with Gasteiger partial charge in [-0.05, 0) is 48.2 Å². The van der Waals surface area contributed by atoms with Gasteiger partial charge in [-0.25, -0.2) is 9.97 Å². The van der Waals surface area contributed by atoms with Crippen LogP contribution in [0.2, 0.25) is 0 Å². The molecule has 1 aliphatic rings. The van der Waals surface area contributed by atoms with E-state index in [9.17, 15) is 13.2 Å². The lowest BCUT2D eigenvalue weighted by atomic mass is 10.3. The number of rotatable bonds is 5. The van der Waals surface area contributed by atoms with E-state index in [0.717, 1.165) is 41.4 Å². The molecule has 0 amide bonds. The van der Waals surface area contributed by atoms with E-state index < -0.39 is 11.9 Å². The van der Waals surface area contributed by atoms with Crippen molar-refractivity contribution in [2.45, 2.75) is 35.2 Å². The first-order chi connectivity index (χ1) is 14.5. The molecule has 0 spiro atoms. The number of thiophene rings is 1. The highest BCUT2D eigenvalue weighted by molar-refractivity contribution is 7.99. The summed E-state index contributed by atoms with van der Waals surface area (Å²) in [4.78, 5) is 13.0. The molecule has 0 bridgehead atoms. The number of hydrogen-bond acceptors (Lipinski definition) is 7. The highest BCUT2D eigenvalue weighted by Gasteiger charge is 2.35. The van der Waals surface area contributed by atoms with E-state index in [4.69, 9.17) is 0 Å². The number of nitrogens with zero attached hydrogens (tertiary/aromatic N) is 6. The summed E-state index contributed by atoms with van der Waals surface area (Å²) in [6, 6.07) is 10.00. The Balaban J connectivity index is 1.57. The second kappa shape index (κ2) is 7.47. The lowest BCUT2D eigenvalue weighted by Gasteiger charge is -2.11. The van der Waals surface area contributed by atoms with Gasteiger partial charge in [0.1, 0.15) is 16.4 Å². The van der Waals surface area contributed by atoms with Gasteiger partial charge in [-0.2, -0.15) is 13.2 Å². The Bertz CT molecular complexity index is 1170. The topological polar surface area (TPSA) is 69.4 Å². The molecule has 11 heteroatoms. The van der Waals surface area contributed by atoms with Gasteiger partial charge in [0.15, 0.2) is 16.8 Å². The van der Waals surface area contributed by atoms with Crippen molar-refractivity contribution < 1.29 is 13.2 Å². The third-order valence-electron chi connectivity index (χ3n) is 4.40. The van der Waals surface area contributed by atoms with Gasteiger partial charge in [0, 0.05) is 18.3 Å². The quantitative estimate of drug-likeness (QED) is 0.384. The number of alkyl halides is 3. The normalized spacial score (nSPS) is 14.2. The van der Waals surface area contributed by atoms with Gasteiger partial charge in [-0.15, -0.1) is 21.5 Å². The minimum absolute atomic E-state index is 0.0797. The summed E-state index contributed by atoms with van der Waals surface area (Å²) < 4.78 is 42.4. The van der Waals surface area contributed by atoms with Crippen molar-refractivity contribution in [3.05, 3.63) is 53.7 Å². The summed E-state index contributed by atoms with van der Waals surface area (Å²) in [6.07, 6.45) is -1.14. The smallest absolute Gasteiger partial charge is 0.298 e. The van der Waals surface area contributed by atoms with Gasteiger partial charge in [0.25, 0.3) is 0 Å². The molecule has 4 aromatic heterocycles. The van der Waals surface area contributed by atoms with Crippen molar-refractivity contribution in [2.24, 2.45) is 0 Å². The number of aromatic nitrogens is 6. The van der Waals surface area contributed by atoms with E-state index in [-0.39, 0.29) is 22.6 Å². The van der Waals surface area contributed by atoms with Crippen molar-refractivity contribution in [3.63, 3.8) is 0 Å².